The molecule has 1 aromatic heterocycles. The monoisotopic (exact) mass is 277 g/mol. The summed E-state index contributed by atoms with van der Waals surface area (Å²) >= 11 is 1.76. The number of aryl methyl sites for hydroxylation is 1. The highest BCUT2D eigenvalue weighted by Crippen LogP contribution is 2.33. The molecule has 3 nitrogen and oxygen atoms in total. The zero-order chi connectivity index (χ0) is 13.8. The Labute approximate surface area is 118 Å². The maximum Gasteiger partial charge on any atom is 0.260 e. The first kappa shape index (κ1) is 14.3. The van der Waals surface area contributed by atoms with Gasteiger partial charge in [-0.3, -0.25) is 16.5 Å². The van der Waals surface area contributed by atoms with Gasteiger partial charge in [0, 0.05) is 27.7 Å². The van der Waals surface area contributed by atoms with Crippen molar-refractivity contribution in [1.29, 1.82) is 0 Å². The molecular weight excluding hydrogens is 254 g/mol. The standard InChI is InChI=1S/C15H21N3S/c1-3-4-7-11-10(2)18-13-9-6-5-8-12(13)14(11)19-15(16)17/h5-6,8-9,15H,3-4,7,16-17H2,1-2H3/p+2. The zero-order valence-corrected chi connectivity index (χ0v) is 12.6. The van der Waals surface area contributed by atoms with Crippen LogP contribution in [0.5, 0.6) is 0 Å². The van der Waals surface area contributed by atoms with E-state index in [-0.39, 0.29) is 5.50 Å². The molecule has 1 aromatic carbocycles. The second-order valence-electron chi connectivity index (χ2n) is 4.87. The highest BCUT2D eigenvalue weighted by Gasteiger charge is 2.16. The topological polar surface area (TPSA) is 68.2 Å². The molecule has 0 saturated heterocycles. The highest BCUT2D eigenvalue weighted by atomic mass is 32.2. The van der Waals surface area contributed by atoms with E-state index in [1.807, 2.05) is 6.07 Å². The molecular formula is C15H23N3S+2. The van der Waals surface area contributed by atoms with E-state index in [0.717, 1.165) is 17.6 Å². The summed E-state index contributed by atoms with van der Waals surface area (Å²) in [6.45, 7) is 4.34. The molecule has 2 aromatic rings. The van der Waals surface area contributed by atoms with E-state index in [4.69, 9.17) is 4.98 Å². The molecule has 0 fully saturated rings. The van der Waals surface area contributed by atoms with Crippen molar-refractivity contribution in [1.82, 2.24) is 4.98 Å². The number of pyridine rings is 1. The SMILES string of the molecule is CCCCc1c(C)nc2ccccc2c1SC([NH3+])[NH3+]. The Bertz CT molecular complexity index is 567. The highest BCUT2D eigenvalue weighted by molar-refractivity contribution is 7.99. The summed E-state index contributed by atoms with van der Waals surface area (Å²) in [6.07, 6.45) is 3.50. The van der Waals surface area contributed by atoms with Crippen LogP contribution in [-0.2, 0) is 6.42 Å². The molecule has 0 radical (unpaired) electrons. The number of unbranched alkanes of at least 4 members (excludes halogenated alkanes) is 1. The number of para-hydroxylation sites is 1. The van der Waals surface area contributed by atoms with Gasteiger partial charge in [-0.15, -0.1) is 0 Å². The first-order valence-corrected chi connectivity index (χ1v) is 7.72. The molecule has 0 saturated carbocycles. The van der Waals surface area contributed by atoms with Crippen LogP contribution < -0.4 is 11.5 Å². The van der Waals surface area contributed by atoms with Crippen LogP contribution >= 0.6 is 11.8 Å². The zero-order valence-electron chi connectivity index (χ0n) is 11.8. The number of hydrogen-bond acceptors (Lipinski definition) is 2. The van der Waals surface area contributed by atoms with E-state index in [0.29, 0.717) is 0 Å². The fourth-order valence-corrected chi connectivity index (χ4v) is 3.31. The lowest BCUT2D eigenvalue weighted by Crippen LogP contribution is -2.82. The van der Waals surface area contributed by atoms with E-state index >= 15 is 0 Å². The van der Waals surface area contributed by atoms with E-state index < -0.39 is 0 Å². The molecule has 4 heteroatoms. The van der Waals surface area contributed by atoms with Gasteiger partial charge in [-0.05, 0) is 31.4 Å². The molecule has 102 valence electrons. The number of benzene rings is 1. The van der Waals surface area contributed by atoms with Gasteiger partial charge < -0.3 is 0 Å². The van der Waals surface area contributed by atoms with Gasteiger partial charge in [0.1, 0.15) is 0 Å². The molecule has 0 unspecified atom stereocenters. The van der Waals surface area contributed by atoms with Crippen molar-refractivity contribution < 1.29 is 11.5 Å². The van der Waals surface area contributed by atoms with Crippen LogP contribution in [0.25, 0.3) is 10.9 Å². The molecule has 1 heterocycles. The Morgan fingerprint density at radius 2 is 2.00 bits per heavy atom. The summed E-state index contributed by atoms with van der Waals surface area (Å²) in [5.74, 6) is 0. The minimum atomic E-state index is 0.102. The number of thioether (sulfide) groups is 1. The van der Waals surface area contributed by atoms with Crippen LogP contribution in [0.4, 0.5) is 0 Å². The third kappa shape index (κ3) is 3.26. The number of aromatic nitrogens is 1. The van der Waals surface area contributed by atoms with Crippen molar-refractivity contribution in [2.45, 2.75) is 43.5 Å². The van der Waals surface area contributed by atoms with E-state index in [9.17, 15) is 0 Å². The quantitative estimate of drug-likeness (QED) is 0.646. The minimum absolute atomic E-state index is 0.102. The molecule has 2 rings (SSSR count). The van der Waals surface area contributed by atoms with Gasteiger partial charge in [-0.1, -0.05) is 31.5 Å². The predicted octanol–water partition coefficient (Wildman–Crippen LogP) is 1.75. The fraction of sp³-hybridized carbons (Fsp3) is 0.400. The Kier molecular flexibility index (Phi) is 4.80. The second-order valence-corrected chi connectivity index (χ2v) is 6.18. The number of fused-ring (bicyclic) bond motifs is 1. The van der Waals surface area contributed by atoms with E-state index in [1.165, 1.54) is 28.7 Å². The van der Waals surface area contributed by atoms with Crippen molar-refractivity contribution in [3.8, 4) is 0 Å². The third-order valence-corrected chi connectivity index (χ3v) is 4.25. The predicted molar refractivity (Wildman–Crippen MR) is 80.5 cm³/mol. The molecule has 0 bridgehead atoms. The average Bonchev–Trinajstić information content (AvgIpc) is 2.37. The van der Waals surface area contributed by atoms with Crippen LogP contribution in [-0.4, -0.2) is 10.5 Å². The van der Waals surface area contributed by atoms with E-state index in [2.05, 4.69) is 43.5 Å². The molecule has 0 aliphatic heterocycles. The lowest BCUT2D eigenvalue weighted by atomic mass is 10.0. The smallest absolute Gasteiger partial charge is 0.260 e. The molecule has 0 spiro atoms. The maximum absolute atomic E-state index is 4.74. The third-order valence-electron chi connectivity index (χ3n) is 3.21. The maximum atomic E-state index is 4.74. The van der Waals surface area contributed by atoms with Crippen molar-refractivity contribution in [3.63, 3.8) is 0 Å². The summed E-state index contributed by atoms with van der Waals surface area (Å²) < 4.78 is 0. The van der Waals surface area contributed by atoms with Crippen LogP contribution in [0, 0.1) is 6.92 Å². The van der Waals surface area contributed by atoms with Crippen LogP contribution in [0.2, 0.25) is 0 Å². The van der Waals surface area contributed by atoms with Crippen LogP contribution in [0.1, 0.15) is 31.0 Å². The molecule has 19 heavy (non-hydrogen) atoms. The summed E-state index contributed by atoms with van der Waals surface area (Å²) in [5.41, 5.74) is 11.7. The van der Waals surface area contributed by atoms with Crippen molar-refractivity contribution in [2.24, 2.45) is 0 Å². The minimum Gasteiger partial charge on any atom is -0.299 e. The lowest BCUT2D eigenvalue weighted by molar-refractivity contribution is -0.619. The van der Waals surface area contributed by atoms with Crippen LogP contribution in [0.15, 0.2) is 29.2 Å². The molecule has 0 atom stereocenters. The van der Waals surface area contributed by atoms with Gasteiger partial charge in [0.2, 0.25) is 0 Å². The van der Waals surface area contributed by atoms with Gasteiger partial charge in [0.05, 0.1) is 5.52 Å². The number of quaternary nitrogens is 2. The largest absolute Gasteiger partial charge is 0.299 e. The van der Waals surface area contributed by atoms with Gasteiger partial charge in [-0.2, -0.15) is 0 Å². The average molecular weight is 277 g/mol. The first-order valence-electron chi connectivity index (χ1n) is 6.84. The summed E-state index contributed by atoms with van der Waals surface area (Å²) in [5, 5.41) is 1.24. The second kappa shape index (κ2) is 6.37. The summed E-state index contributed by atoms with van der Waals surface area (Å²) in [4.78, 5) is 6.07. The van der Waals surface area contributed by atoms with Gasteiger partial charge in [0.15, 0.2) is 0 Å². The molecule has 6 N–H and O–H groups in total. The Morgan fingerprint density at radius 3 is 2.68 bits per heavy atom. The Balaban J connectivity index is 2.59. The molecule has 0 amide bonds. The van der Waals surface area contributed by atoms with Crippen molar-refractivity contribution >= 4 is 22.7 Å². The van der Waals surface area contributed by atoms with Gasteiger partial charge >= 0.3 is 0 Å². The Morgan fingerprint density at radius 1 is 1.26 bits per heavy atom. The molecule has 0 aliphatic rings. The van der Waals surface area contributed by atoms with Gasteiger partial charge in [-0.25, -0.2) is 0 Å². The van der Waals surface area contributed by atoms with Gasteiger partial charge in [0.25, 0.3) is 5.50 Å². The fourth-order valence-electron chi connectivity index (χ4n) is 2.29. The molecule has 0 aliphatic carbocycles. The van der Waals surface area contributed by atoms with E-state index in [1.54, 1.807) is 11.8 Å². The number of rotatable bonds is 5. The normalized spacial score (nSPS) is 11.4. The first-order chi connectivity index (χ1) is 9.13. The van der Waals surface area contributed by atoms with Crippen molar-refractivity contribution in [3.05, 3.63) is 35.5 Å². The van der Waals surface area contributed by atoms with Crippen LogP contribution in [0.3, 0.4) is 0 Å². The summed E-state index contributed by atoms with van der Waals surface area (Å²) in [6, 6.07) is 8.36. The Hall–Kier alpha value is -1.10. The summed E-state index contributed by atoms with van der Waals surface area (Å²) in [7, 11) is 0. The lowest BCUT2D eigenvalue weighted by Gasteiger charge is -2.14. The number of nitrogens with zero attached hydrogens (tertiary/aromatic N) is 1. The van der Waals surface area contributed by atoms with Crippen molar-refractivity contribution in [2.75, 3.05) is 0 Å². The number of hydrogen-bond donors (Lipinski definition) is 2.